The van der Waals surface area contributed by atoms with Gasteiger partial charge < -0.3 is 4.90 Å². The average Bonchev–Trinajstić information content (AvgIpc) is 3.20. The fourth-order valence-electron chi connectivity index (χ4n) is 3.87. The first-order chi connectivity index (χ1) is 12.9. The summed E-state index contributed by atoms with van der Waals surface area (Å²) < 4.78 is 15.1. The fraction of sp³-hybridized carbons (Fsp3) is 0.421. The van der Waals surface area contributed by atoms with Crippen LogP contribution in [0.2, 0.25) is 0 Å². The molecule has 3 heterocycles. The lowest BCUT2D eigenvalue weighted by Gasteiger charge is -2.26. The molecule has 1 aliphatic heterocycles. The first-order valence-corrected chi connectivity index (χ1v) is 9.07. The molecular weight excluding hydrogens is 345 g/mol. The molecule has 0 aliphatic carbocycles. The number of rotatable bonds is 4. The van der Waals surface area contributed by atoms with E-state index in [-0.39, 0.29) is 11.9 Å². The Morgan fingerprint density at radius 3 is 2.70 bits per heavy atom. The van der Waals surface area contributed by atoms with Crippen molar-refractivity contribution in [2.24, 2.45) is 13.0 Å². The van der Waals surface area contributed by atoms with Gasteiger partial charge in [0.25, 0.3) is 0 Å². The van der Waals surface area contributed by atoms with Crippen LogP contribution in [0.25, 0.3) is 11.0 Å². The summed E-state index contributed by atoms with van der Waals surface area (Å²) in [4.78, 5) is 11.4. The molecule has 0 amide bonds. The lowest BCUT2D eigenvalue weighted by atomic mass is 9.94. The minimum Gasteiger partial charge on any atom is -0.359 e. The maximum atomic E-state index is 13.3. The smallest absolute Gasteiger partial charge is 0.163 e. The third kappa shape index (κ3) is 3.26. The summed E-state index contributed by atoms with van der Waals surface area (Å²) in [5, 5.41) is 5.49. The number of anilines is 1. The molecular formula is C19H24FN7. The molecule has 0 saturated carbocycles. The number of hydrogen-bond donors (Lipinski definition) is 2. The Morgan fingerprint density at radius 1 is 1.22 bits per heavy atom. The Labute approximate surface area is 157 Å². The molecule has 3 aromatic rings. The van der Waals surface area contributed by atoms with Crippen LogP contribution in [0, 0.1) is 25.6 Å². The maximum absolute atomic E-state index is 13.3. The standard InChI is InChI=1S/C19H24FN7/c1-11-16-18(22-12(2)23-19(16)27(4)25-11)26(3)10-14-9-21-24-17(14)13-5-7-15(20)8-6-13/h5-8,14,17,21,24H,9-10H2,1-4H3. The maximum Gasteiger partial charge on any atom is 0.163 e. The highest BCUT2D eigenvalue weighted by molar-refractivity contribution is 5.89. The van der Waals surface area contributed by atoms with Crippen LogP contribution in [0.5, 0.6) is 0 Å². The number of nitrogens with zero attached hydrogens (tertiary/aromatic N) is 5. The minimum absolute atomic E-state index is 0.112. The Morgan fingerprint density at radius 2 is 1.96 bits per heavy atom. The van der Waals surface area contributed by atoms with Gasteiger partial charge in [0.15, 0.2) is 5.65 Å². The number of hydrogen-bond acceptors (Lipinski definition) is 6. The minimum atomic E-state index is -0.218. The molecule has 7 nitrogen and oxygen atoms in total. The second kappa shape index (κ2) is 6.86. The van der Waals surface area contributed by atoms with Gasteiger partial charge >= 0.3 is 0 Å². The van der Waals surface area contributed by atoms with Gasteiger partial charge in [-0.15, -0.1) is 0 Å². The van der Waals surface area contributed by atoms with Crippen molar-refractivity contribution in [2.45, 2.75) is 19.9 Å². The molecule has 4 rings (SSSR count). The van der Waals surface area contributed by atoms with Crippen molar-refractivity contribution in [3.05, 3.63) is 47.2 Å². The average molecular weight is 369 g/mol. The van der Waals surface area contributed by atoms with Crippen molar-refractivity contribution >= 4 is 16.9 Å². The zero-order chi connectivity index (χ0) is 19.1. The topological polar surface area (TPSA) is 70.9 Å². The van der Waals surface area contributed by atoms with Gasteiger partial charge in [0, 0.05) is 33.1 Å². The van der Waals surface area contributed by atoms with Gasteiger partial charge in [-0.05, 0) is 31.5 Å². The highest BCUT2D eigenvalue weighted by Gasteiger charge is 2.30. The first kappa shape index (κ1) is 17.8. The van der Waals surface area contributed by atoms with Crippen LogP contribution in [-0.4, -0.2) is 39.9 Å². The van der Waals surface area contributed by atoms with Crippen molar-refractivity contribution in [1.82, 2.24) is 30.6 Å². The molecule has 0 spiro atoms. The number of aromatic nitrogens is 4. The highest BCUT2D eigenvalue weighted by Crippen LogP contribution is 2.30. The monoisotopic (exact) mass is 369 g/mol. The van der Waals surface area contributed by atoms with Gasteiger partial charge in [-0.3, -0.25) is 10.1 Å². The van der Waals surface area contributed by atoms with E-state index in [4.69, 9.17) is 4.98 Å². The van der Waals surface area contributed by atoms with Crippen molar-refractivity contribution in [3.63, 3.8) is 0 Å². The van der Waals surface area contributed by atoms with Crippen LogP contribution in [0.4, 0.5) is 10.2 Å². The summed E-state index contributed by atoms with van der Waals surface area (Å²) in [5.41, 5.74) is 9.39. The molecule has 2 aromatic heterocycles. The summed E-state index contributed by atoms with van der Waals surface area (Å²) >= 11 is 0. The van der Waals surface area contributed by atoms with Crippen molar-refractivity contribution in [1.29, 1.82) is 0 Å². The van der Waals surface area contributed by atoms with Crippen molar-refractivity contribution in [3.8, 4) is 0 Å². The summed E-state index contributed by atoms with van der Waals surface area (Å²) in [5.74, 6) is 1.71. The Bertz CT molecular complexity index is 966. The Balaban J connectivity index is 1.63. The van der Waals surface area contributed by atoms with Crippen molar-refractivity contribution < 1.29 is 4.39 Å². The second-order valence-electron chi connectivity index (χ2n) is 7.20. The molecule has 1 saturated heterocycles. The lowest BCUT2D eigenvalue weighted by Crippen LogP contribution is -2.31. The number of fused-ring (bicyclic) bond motifs is 1. The van der Waals surface area contributed by atoms with Gasteiger partial charge in [0.1, 0.15) is 17.5 Å². The van der Waals surface area contributed by atoms with Crippen LogP contribution in [0.3, 0.4) is 0 Å². The Hall–Kier alpha value is -2.58. The summed E-state index contributed by atoms with van der Waals surface area (Å²) in [6.07, 6.45) is 0. The summed E-state index contributed by atoms with van der Waals surface area (Å²) in [6, 6.07) is 6.80. The molecule has 2 unspecified atom stereocenters. The van der Waals surface area contributed by atoms with Crippen LogP contribution in [-0.2, 0) is 7.05 Å². The zero-order valence-electron chi connectivity index (χ0n) is 16.0. The fourth-order valence-corrected chi connectivity index (χ4v) is 3.87. The number of hydrazine groups is 1. The molecule has 2 N–H and O–H groups in total. The highest BCUT2D eigenvalue weighted by atomic mass is 19.1. The van der Waals surface area contributed by atoms with E-state index in [1.165, 1.54) is 12.1 Å². The zero-order valence-corrected chi connectivity index (χ0v) is 16.0. The largest absolute Gasteiger partial charge is 0.359 e. The lowest BCUT2D eigenvalue weighted by molar-refractivity contribution is 0.474. The second-order valence-corrected chi connectivity index (χ2v) is 7.20. The number of halogens is 1. The quantitative estimate of drug-likeness (QED) is 0.733. The van der Waals surface area contributed by atoms with E-state index in [0.717, 1.165) is 47.0 Å². The number of benzene rings is 1. The van der Waals surface area contributed by atoms with E-state index < -0.39 is 0 Å². The van der Waals surface area contributed by atoms with E-state index in [9.17, 15) is 4.39 Å². The van der Waals surface area contributed by atoms with E-state index in [1.807, 2.05) is 40.1 Å². The van der Waals surface area contributed by atoms with Crippen molar-refractivity contribution in [2.75, 3.05) is 25.0 Å². The molecule has 8 heteroatoms. The van der Waals surface area contributed by atoms with Gasteiger partial charge in [-0.25, -0.2) is 19.8 Å². The predicted molar refractivity (Wildman–Crippen MR) is 103 cm³/mol. The van der Waals surface area contributed by atoms with E-state index in [2.05, 4.69) is 25.8 Å². The predicted octanol–water partition coefficient (Wildman–Crippen LogP) is 2.02. The number of aryl methyl sites for hydroxylation is 3. The third-order valence-electron chi connectivity index (χ3n) is 5.14. The molecule has 0 radical (unpaired) electrons. The molecule has 1 fully saturated rings. The summed E-state index contributed by atoms with van der Waals surface area (Å²) in [6.45, 7) is 5.50. The van der Waals surface area contributed by atoms with Crippen LogP contribution >= 0.6 is 0 Å². The Kier molecular flexibility index (Phi) is 4.53. The van der Waals surface area contributed by atoms with E-state index >= 15 is 0 Å². The number of nitrogens with one attached hydrogen (secondary N) is 2. The molecule has 1 aromatic carbocycles. The molecule has 142 valence electrons. The van der Waals surface area contributed by atoms with Crippen LogP contribution in [0.15, 0.2) is 24.3 Å². The molecule has 1 aliphatic rings. The SMILES string of the molecule is Cc1nc(N(C)CC2CNNC2c2ccc(F)cc2)c2c(C)nn(C)c2n1. The third-order valence-corrected chi connectivity index (χ3v) is 5.14. The molecule has 0 bridgehead atoms. The van der Waals surface area contributed by atoms with Crippen LogP contribution in [0.1, 0.15) is 23.1 Å². The summed E-state index contributed by atoms with van der Waals surface area (Å²) in [7, 11) is 3.95. The van der Waals surface area contributed by atoms with Crippen LogP contribution < -0.4 is 15.8 Å². The van der Waals surface area contributed by atoms with Gasteiger partial charge in [-0.1, -0.05) is 12.1 Å². The normalized spacial score (nSPS) is 19.7. The molecule has 2 atom stereocenters. The van der Waals surface area contributed by atoms with Gasteiger partial charge in [-0.2, -0.15) is 5.10 Å². The first-order valence-electron chi connectivity index (χ1n) is 9.07. The molecule has 27 heavy (non-hydrogen) atoms. The van der Waals surface area contributed by atoms with E-state index in [1.54, 1.807) is 4.68 Å². The van der Waals surface area contributed by atoms with E-state index in [0.29, 0.717) is 5.92 Å². The van der Waals surface area contributed by atoms with Gasteiger partial charge in [0.05, 0.1) is 17.1 Å². The van der Waals surface area contributed by atoms with Gasteiger partial charge in [0.2, 0.25) is 0 Å².